The van der Waals surface area contributed by atoms with E-state index in [1.54, 1.807) is 24.4 Å². The summed E-state index contributed by atoms with van der Waals surface area (Å²) in [5, 5.41) is 0. The number of carbonyl (C=O) groups is 2. The molecule has 0 atom stereocenters. The summed E-state index contributed by atoms with van der Waals surface area (Å²) in [6.45, 7) is 32.0. The average Bonchev–Trinajstić information content (AvgIpc) is 3.71. The van der Waals surface area contributed by atoms with Gasteiger partial charge in [0, 0.05) is 98.0 Å². The van der Waals surface area contributed by atoms with Crippen molar-refractivity contribution in [1.82, 2.24) is 4.90 Å². The molecular formula is C58H73N4O2+. The second-order valence-corrected chi connectivity index (χ2v) is 18.1. The Balaban J connectivity index is 0.000000281. The lowest BCUT2D eigenvalue weighted by molar-refractivity contribution is -0.437. The highest BCUT2D eigenvalue weighted by atomic mass is 16.1. The topological polar surface area (TPSA) is 46.9 Å². The maximum absolute atomic E-state index is 12.8. The molecule has 3 aliphatic rings. The molecule has 6 nitrogen and oxygen atoms in total. The van der Waals surface area contributed by atoms with Crippen LogP contribution in [0.3, 0.4) is 0 Å². The van der Waals surface area contributed by atoms with Crippen molar-refractivity contribution in [3.05, 3.63) is 200 Å². The van der Waals surface area contributed by atoms with Gasteiger partial charge in [0.2, 0.25) is 5.69 Å². The molecule has 0 unspecified atom stereocenters. The summed E-state index contributed by atoms with van der Waals surface area (Å²) in [6.07, 6.45) is 26.4. The van der Waals surface area contributed by atoms with Crippen LogP contribution in [-0.4, -0.2) is 60.5 Å². The molecule has 3 aliphatic heterocycles. The molecule has 6 rings (SSSR count). The number of nitrogens with zero attached hydrogens (tertiary/aromatic N) is 4. The maximum atomic E-state index is 12.8. The summed E-state index contributed by atoms with van der Waals surface area (Å²) in [7, 11) is 3.75. The highest BCUT2D eigenvalue weighted by molar-refractivity contribution is 6.00. The quantitative estimate of drug-likeness (QED) is 0.0816. The van der Waals surface area contributed by atoms with Crippen molar-refractivity contribution in [3.63, 3.8) is 0 Å². The summed E-state index contributed by atoms with van der Waals surface area (Å²) in [4.78, 5) is 30.0. The minimum Gasteiger partial charge on any atom is -0.383 e. The summed E-state index contributed by atoms with van der Waals surface area (Å²) in [5.74, 6) is -0.00758. The fraction of sp³-hybridized carbons (Fsp3) is 0.328. The molecule has 0 aromatic heterocycles. The van der Waals surface area contributed by atoms with Crippen LogP contribution in [0.4, 0.5) is 17.1 Å². The lowest BCUT2D eigenvalue weighted by atomic mass is 9.82. The van der Waals surface area contributed by atoms with Crippen molar-refractivity contribution in [1.29, 1.82) is 0 Å². The Labute approximate surface area is 386 Å². The van der Waals surface area contributed by atoms with Crippen molar-refractivity contribution >= 4 is 34.3 Å². The molecule has 0 radical (unpaired) electrons. The third kappa shape index (κ3) is 11.8. The third-order valence-corrected chi connectivity index (χ3v) is 12.3. The van der Waals surface area contributed by atoms with Crippen LogP contribution in [0.5, 0.6) is 0 Å². The van der Waals surface area contributed by atoms with Gasteiger partial charge in [-0.2, -0.15) is 4.58 Å². The molecule has 0 saturated carbocycles. The van der Waals surface area contributed by atoms with E-state index in [2.05, 4.69) is 168 Å². The Kier molecular flexibility index (Phi) is 18.0. The Morgan fingerprint density at radius 3 is 1.50 bits per heavy atom. The van der Waals surface area contributed by atoms with Crippen LogP contribution in [-0.2, 0) is 25.8 Å². The van der Waals surface area contributed by atoms with Gasteiger partial charge in [0.15, 0.2) is 23.8 Å². The minimum absolute atomic E-state index is 0.0243. The number of anilines is 2. The van der Waals surface area contributed by atoms with Crippen LogP contribution < -0.4 is 9.80 Å². The van der Waals surface area contributed by atoms with Gasteiger partial charge in [-0.05, 0) is 87.3 Å². The molecule has 0 bridgehead atoms. The zero-order chi connectivity index (χ0) is 47.1. The molecule has 3 heterocycles. The fourth-order valence-electron chi connectivity index (χ4n) is 8.63. The molecule has 0 spiro atoms. The average molecular weight is 858 g/mol. The van der Waals surface area contributed by atoms with Crippen LogP contribution in [0.15, 0.2) is 183 Å². The van der Waals surface area contributed by atoms with Crippen LogP contribution in [0.2, 0.25) is 0 Å². The normalized spacial score (nSPS) is 17.7. The smallest absolute Gasteiger partial charge is 0.209 e. The molecule has 0 N–H and O–H groups in total. The van der Waals surface area contributed by atoms with E-state index in [1.807, 2.05) is 56.3 Å². The van der Waals surface area contributed by atoms with Gasteiger partial charge in [0.25, 0.3) is 0 Å². The predicted octanol–water partition coefficient (Wildman–Crippen LogP) is 13.0. The molecule has 64 heavy (non-hydrogen) atoms. The van der Waals surface area contributed by atoms with Gasteiger partial charge in [-0.1, -0.05) is 119 Å². The lowest BCUT2D eigenvalue weighted by Gasteiger charge is -2.26. The number of carbonyl (C=O) groups excluding carboxylic acids is 2. The summed E-state index contributed by atoms with van der Waals surface area (Å²) < 4.78 is 2.43. The zero-order valence-corrected chi connectivity index (χ0v) is 40.4. The van der Waals surface area contributed by atoms with E-state index in [4.69, 9.17) is 0 Å². The van der Waals surface area contributed by atoms with Gasteiger partial charge in [-0.3, -0.25) is 9.59 Å². The van der Waals surface area contributed by atoms with Crippen molar-refractivity contribution < 1.29 is 14.2 Å². The van der Waals surface area contributed by atoms with Crippen molar-refractivity contribution in [2.24, 2.45) is 0 Å². The summed E-state index contributed by atoms with van der Waals surface area (Å²) in [5.41, 5.74) is 11.6. The Morgan fingerprint density at radius 1 is 0.609 bits per heavy atom. The summed E-state index contributed by atoms with van der Waals surface area (Å²) >= 11 is 0. The van der Waals surface area contributed by atoms with Gasteiger partial charge in [-0.25, -0.2) is 0 Å². The molecule has 0 amide bonds. The summed E-state index contributed by atoms with van der Waals surface area (Å²) in [6, 6.07) is 25.8. The number of para-hydroxylation sites is 3. The van der Waals surface area contributed by atoms with E-state index < -0.39 is 0 Å². The molecule has 336 valence electrons. The minimum atomic E-state index is -0.136. The van der Waals surface area contributed by atoms with Crippen molar-refractivity contribution in [2.45, 2.75) is 90.9 Å². The second kappa shape index (κ2) is 22.9. The second-order valence-electron chi connectivity index (χ2n) is 18.1. The van der Waals surface area contributed by atoms with Gasteiger partial charge < -0.3 is 14.7 Å². The first-order valence-electron chi connectivity index (χ1n) is 22.6. The molecule has 0 aliphatic carbocycles. The maximum Gasteiger partial charge on any atom is 0.209 e. The monoisotopic (exact) mass is 858 g/mol. The van der Waals surface area contributed by atoms with Crippen molar-refractivity contribution in [2.75, 3.05) is 43.5 Å². The molecular weight excluding hydrogens is 785 g/mol. The zero-order valence-electron chi connectivity index (χ0n) is 40.4. The predicted molar refractivity (Wildman–Crippen MR) is 275 cm³/mol. The number of ketones is 2. The van der Waals surface area contributed by atoms with Gasteiger partial charge in [-0.15, -0.1) is 19.7 Å². The van der Waals surface area contributed by atoms with Crippen LogP contribution in [0.25, 0.3) is 0 Å². The Morgan fingerprint density at radius 2 is 1.05 bits per heavy atom. The molecule has 0 fully saturated rings. The first-order chi connectivity index (χ1) is 30.5. The molecule has 0 saturated heterocycles. The number of rotatable bonds is 16. The van der Waals surface area contributed by atoms with Gasteiger partial charge in [0.1, 0.15) is 0 Å². The SMILES string of the molecule is C/C=C/C(=O)/C=C/N(C)C.C=CCCN1/C(=C/C=C/C(=O)/C=C/C=C2/N(CCC=C)c3ccccc3C2(C)C)C(C)(C)c2ccccc21.C=CCC[N+]1=C(C)C(C)(C)c2ccccc21. The Bertz CT molecular complexity index is 2270. The fourth-order valence-corrected chi connectivity index (χ4v) is 8.63. The van der Waals surface area contributed by atoms with E-state index in [-0.39, 0.29) is 27.8 Å². The van der Waals surface area contributed by atoms with Crippen LogP contribution >= 0.6 is 0 Å². The Hall–Kier alpha value is -6.27. The number of hydrogen-bond donors (Lipinski definition) is 0. The number of hydrogen-bond acceptors (Lipinski definition) is 5. The number of benzene rings is 3. The van der Waals surface area contributed by atoms with E-state index in [9.17, 15) is 9.59 Å². The standard InChI is InChI=1S/C35H40N2O.C15H20N.C8H13NO/c1-7-9-25-36-30-21-13-11-19-28(30)34(3,4)32(36)23-15-17-27(38)18-16-24-33-35(5,6)29-20-12-14-22-31(29)37(33)26-10-8-2;1-5-6-11-16-12(2)15(3,4)13-9-7-8-10-14(13)16;1-4-5-8(10)6-7-9(2)3/h7-8,11-24H,1-2,9-10,25-26H2,3-6H3;5,7-10H,1,6,11H2,2-4H3;4-7H,1-3H3/q;+1;/b17-15+,18-16+,32-23+,33-24+;;5-4+,7-6+. The number of allylic oxidation sites excluding steroid dienone is 11. The molecule has 3 aromatic carbocycles. The highest BCUT2D eigenvalue weighted by Gasteiger charge is 2.43. The molecule has 3 aromatic rings. The highest BCUT2D eigenvalue weighted by Crippen LogP contribution is 2.49. The van der Waals surface area contributed by atoms with Gasteiger partial charge in [0.05, 0.1) is 5.41 Å². The first-order valence-corrected chi connectivity index (χ1v) is 22.6. The lowest BCUT2D eigenvalue weighted by Crippen LogP contribution is -2.26. The van der Waals surface area contributed by atoms with Gasteiger partial charge >= 0.3 is 0 Å². The van der Waals surface area contributed by atoms with Crippen molar-refractivity contribution in [3.8, 4) is 0 Å². The van der Waals surface area contributed by atoms with E-state index in [1.165, 1.54) is 63.0 Å². The van der Waals surface area contributed by atoms with Crippen LogP contribution in [0, 0.1) is 0 Å². The first kappa shape index (κ1) is 50.4. The van der Waals surface area contributed by atoms with E-state index >= 15 is 0 Å². The largest absolute Gasteiger partial charge is 0.383 e. The molecule has 6 heteroatoms. The third-order valence-electron chi connectivity index (χ3n) is 12.3. The van der Waals surface area contributed by atoms with Crippen LogP contribution in [0.1, 0.15) is 91.3 Å². The van der Waals surface area contributed by atoms with E-state index in [0.29, 0.717) is 0 Å². The number of fused-ring (bicyclic) bond motifs is 3. The van der Waals surface area contributed by atoms with E-state index in [0.717, 1.165) is 38.9 Å².